The Kier molecular flexibility index (Phi) is 7.45. The lowest BCUT2D eigenvalue weighted by molar-refractivity contribution is -0.140. The molecule has 0 aliphatic heterocycles. The Morgan fingerprint density at radius 3 is 2.44 bits per heavy atom. The predicted molar refractivity (Wildman–Crippen MR) is 63.1 cm³/mol. The second kappa shape index (κ2) is 8.29. The third kappa shape index (κ3) is 6.04. The highest BCUT2D eigenvalue weighted by Crippen LogP contribution is 1.92. The van der Waals surface area contributed by atoms with Gasteiger partial charge in [0.1, 0.15) is 0 Å². The van der Waals surface area contributed by atoms with E-state index in [1.54, 1.807) is 0 Å². The van der Waals surface area contributed by atoms with Gasteiger partial charge in [0.2, 0.25) is 5.91 Å². The van der Waals surface area contributed by atoms with E-state index < -0.39 is 18.0 Å². The standard InChI is InChI=1S/C10H19N3O5/c1-11-8(14)4-5-13(2)10(17)12-7(6-18-3)9(15)16/h7H,4-6H2,1-3H3,(H,11,14)(H,12,17)(H,15,16). The van der Waals surface area contributed by atoms with Crippen LogP contribution in [0.3, 0.4) is 0 Å². The summed E-state index contributed by atoms with van der Waals surface area (Å²) in [4.78, 5) is 34.6. The third-order valence-electron chi connectivity index (χ3n) is 2.23. The van der Waals surface area contributed by atoms with Crippen molar-refractivity contribution in [2.75, 3.05) is 34.4 Å². The topological polar surface area (TPSA) is 108 Å². The van der Waals surface area contributed by atoms with Crippen molar-refractivity contribution in [3.63, 3.8) is 0 Å². The van der Waals surface area contributed by atoms with Gasteiger partial charge >= 0.3 is 12.0 Å². The molecule has 0 aromatic heterocycles. The summed E-state index contributed by atoms with van der Waals surface area (Å²) in [5.74, 6) is -1.37. The fraction of sp³-hybridized carbons (Fsp3) is 0.700. The second-order valence-electron chi connectivity index (χ2n) is 3.64. The zero-order chi connectivity index (χ0) is 14.1. The van der Waals surface area contributed by atoms with Crippen molar-refractivity contribution in [2.24, 2.45) is 0 Å². The van der Waals surface area contributed by atoms with Gasteiger partial charge in [-0.2, -0.15) is 0 Å². The molecule has 1 atom stereocenters. The van der Waals surface area contributed by atoms with E-state index in [4.69, 9.17) is 5.11 Å². The van der Waals surface area contributed by atoms with E-state index in [0.717, 1.165) is 0 Å². The largest absolute Gasteiger partial charge is 0.480 e. The molecule has 0 aromatic rings. The fourth-order valence-corrected chi connectivity index (χ4v) is 1.10. The number of carboxylic acid groups (broad SMARTS) is 1. The molecule has 1 unspecified atom stereocenters. The van der Waals surface area contributed by atoms with Crippen molar-refractivity contribution in [1.82, 2.24) is 15.5 Å². The van der Waals surface area contributed by atoms with E-state index in [1.807, 2.05) is 0 Å². The number of aliphatic carboxylic acids is 1. The van der Waals surface area contributed by atoms with Crippen molar-refractivity contribution in [3.8, 4) is 0 Å². The van der Waals surface area contributed by atoms with Crippen LogP contribution in [-0.4, -0.2) is 68.3 Å². The SMILES string of the molecule is CNC(=O)CCN(C)C(=O)NC(COC)C(=O)O. The number of methoxy groups -OCH3 is 1. The molecule has 0 aliphatic rings. The summed E-state index contributed by atoms with van der Waals surface area (Å²) < 4.78 is 4.68. The molecular weight excluding hydrogens is 242 g/mol. The average Bonchev–Trinajstić information content (AvgIpc) is 2.34. The number of carbonyl (C=O) groups excluding carboxylic acids is 2. The number of nitrogens with zero attached hydrogens (tertiary/aromatic N) is 1. The quantitative estimate of drug-likeness (QED) is 0.537. The molecule has 0 saturated heterocycles. The summed E-state index contributed by atoms with van der Waals surface area (Å²) in [7, 11) is 4.32. The number of amides is 3. The van der Waals surface area contributed by atoms with Crippen LogP contribution in [0.25, 0.3) is 0 Å². The molecule has 0 saturated carbocycles. The molecule has 0 fully saturated rings. The van der Waals surface area contributed by atoms with Crippen molar-refractivity contribution in [2.45, 2.75) is 12.5 Å². The molecule has 18 heavy (non-hydrogen) atoms. The van der Waals surface area contributed by atoms with Crippen LogP contribution < -0.4 is 10.6 Å². The molecule has 0 radical (unpaired) electrons. The maximum absolute atomic E-state index is 11.6. The first kappa shape index (κ1) is 16.2. The summed E-state index contributed by atoms with van der Waals surface area (Å²) in [6, 6.07) is -1.67. The lowest BCUT2D eigenvalue weighted by Gasteiger charge is -2.20. The highest BCUT2D eigenvalue weighted by atomic mass is 16.5. The number of rotatable bonds is 7. The molecule has 0 rings (SSSR count). The molecule has 3 amide bonds. The van der Waals surface area contributed by atoms with Crippen molar-refractivity contribution in [3.05, 3.63) is 0 Å². The predicted octanol–water partition coefficient (Wildman–Crippen LogP) is -1.14. The van der Waals surface area contributed by atoms with Crippen LogP contribution in [0.2, 0.25) is 0 Å². The monoisotopic (exact) mass is 261 g/mol. The Morgan fingerprint density at radius 2 is 2.00 bits per heavy atom. The van der Waals surface area contributed by atoms with Crippen LogP contribution in [-0.2, 0) is 14.3 Å². The van der Waals surface area contributed by atoms with Gasteiger partial charge in [-0.1, -0.05) is 0 Å². The summed E-state index contributed by atoms with van der Waals surface area (Å²) in [5.41, 5.74) is 0. The van der Waals surface area contributed by atoms with Gasteiger partial charge in [0.05, 0.1) is 6.61 Å². The number of carbonyl (C=O) groups is 3. The summed E-state index contributed by atoms with van der Waals surface area (Å²) in [6.45, 7) is 0.0786. The number of ether oxygens (including phenoxy) is 1. The van der Waals surface area contributed by atoms with E-state index in [-0.39, 0.29) is 25.5 Å². The number of nitrogens with one attached hydrogen (secondary N) is 2. The Balaban J connectivity index is 4.20. The number of urea groups is 1. The van der Waals surface area contributed by atoms with Crippen LogP contribution in [0.4, 0.5) is 4.79 Å². The lowest BCUT2D eigenvalue weighted by Crippen LogP contribution is -2.49. The minimum atomic E-state index is -1.18. The second-order valence-corrected chi connectivity index (χ2v) is 3.64. The third-order valence-corrected chi connectivity index (χ3v) is 2.23. The van der Waals surface area contributed by atoms with Crippen molar-refractivity contribution < 1.29 is 24.2 Å². The van der Waals surface area contributed by atoms with Crippen LogP contribution in [0, 0.1) is 0 Å². The number of hydrogen-bond acceptors (Lipinski definition) is 4. The van der Waals surface area contributed by atoms with E-state index >= 15 is 0 Å². The van der Waals surface area contributed by atoms with Gasteiger partial charge in [-0.3, -0.25) is 4.79 Å². The molecule has 8 heteroatoms. The molecule has 104 valence electrons. The molecule has 3 N–H and O–H groups in total. The summed E-state index contributed by atoms with van der Waals surface area (Å²) >= 11 is 0. The fourth-order valence-electron chi connectivity index (χ4n) is 1.10. The van der Waals surface area contributed by atoms with Crippen LogP contribution >= 0.6 is 0 Å². The minimum absolute atomic E-state index is 0.121. The number of carboxylic acids is 1. The van der Waals surface area contributed by atoms with E-state index in [0.29, 0.717) is 0 Å². The maximum atomic E-state index is 11.6. The first-order valence-electron chi connectivity index (χ1n) is 5.36. The van der Waals surface area contributed by atoms with Gasteiger partial charge in [-0.05, 0) is 0 Å². The smallest absolute Gasteiger partial charge is 0.328 e. The zero-order valence-corrected chi connectivity index (χ0v) is 10.7. The molecule has 8 nitrogen and oxygen atoms in total. The first-order valence-corrected chi connectivity index (χ1v) is 5.36. The van der Waals surface area contributed by atoms with E-state index in [1.165, 1.54) is 26.1 Å². The summed E-state index contributed by atoms with van der Waals surface area (Å²) in [5, 5.41) is 13.5. The lowest BCUT2D eigenvalue weighted by atomic mass is 10.3. The van der Waals surface area contributed by atoms with Gasteiger partial charge in [0, 0.05) is 34.2 Å². The molecule has 0 spiro atoms. The molecule has 0 heterocycles. The Labute approximate surface area is 105 Å². The van der Waals surface area contributed by atoms with Crippen molar-refractivity contribution in [1.29, 1.82) is 0 Å². The normalized spacial score (nSPS) is 11.5. The van der Waals surface area contributed by atoms with Crippen molar-refractivity contribution >= 4 is 17.9 Å². The average molecular weight is 261 g/mol. The summed E-state index contributed by atoms with van der Waals surface area (Å²) in [6.07, 6.45) is 0.155. The Morgan fingerprint density at radius 1 is 1.39 bits per heavy atom. The van der Waals surface area contributed by atoms with Gasteiger partial charge in [0.25, 0.3) is 0 Å². The van der Waals surface area contributed by atoms with Gasteiger partial charge in [0.15, 0.2) is 6.04 Å². The van der Waals surface area contributed by atoms with Gasteiger partial charge < -0.3 is 25.4 Å². The maximum Gasteiger partial charge on any atom is 0.328 e. The van der Waals surface area contributed by atoms with E-state index in [2.05, 4.69) is 15.4 Å². The molecule has 0 aromatic carbocycles. The van der Waals surface area contributed by atoms with Gasteiger partial charge in [-0.25, -0.2) is 9.59 Å². The Hall–Kier alpha value is -1.83. The van der Waals surface area contributed by atoms with E-state index in [9.17, 15) is 14.4 Å². The minimum Gasteiger partial charge on any atom is -0.480 e. The first-order chi connectivity index (χ1) is 8.42. The molecule has 0 bridgehead atoms. The van der Waals surface area contributed by atoms with Crippen LogP contribution in [0.15, 0.2) is 0 Å². The highest BCUT2D eigenvalue weighted by Gasteiger charge is 2.21. The van der Waals surface area contributed by atoms with Crippen LogP contribution in [0.5, 0.6) is 0 Å². The highest BCUT2D eigenvalue weighted by molar-refractivity contribution is 5.83. The Bertz CT molecular complexity index is 308. The van der Waals surface area contributed by atoms with Crippen LogP contribution in [0.1, 0.15) is 6.42 Å². The molecule has 0 aliphatic carbocycles. The zero-order valence-electron chi connectivity index (χ0n) is 10.7. The number of hydrogen-bond donors (Lipinski definition) is 3. The van der Waals surface area contributed by atoms with Gasteiger partial charge in [-0.15, -0.1) is 0 Å². The molecular formula is C10H19N3O5.